The third-order valence-electron chi connectivity index (χ3n) is 5.68. The zero-order valence-corrected chi connectivity index (χ0v) is 15.1. The Labute approximate surface area is 152 Å². The van der Waals surface area contributed by atoms with Crippen molar-refractivity contribution in [3.05, 3.63) is 29.7 Å². The Morgan fingerprint density at radius 1 is 1.23 bits per heavy atom. The van der Waals surface area contributed by atoms with E-state index in [9.17, 15) is 4.79 Å². The third kappa shape index (κ3) is 2.68. The van der Waals surface area contributed by atoms with Crippen LogP contribution in [0.2, 0.25) is 0 Å². The van der Waals surface area contributed by atoms with Gasteiger partial charge in [0.25, 0.3) is 0 Å². The number of carbonyl (C=O) groups excluding carboxylic acids is 1. The van der Waals surface area contributed by atoms with Crippen molar-refractivity contribution in [1.82, 2.24) is 24.6 Å². The molecule has 0 saturated carbocycles. The summed E-state index contributed by atoms with van der Waals surface area (Å²) in [6, 6.07) is 0.399. The largest absolute Gasteiger partial charge is 0.444 e. The van der Waals surface area contributed by atoms with Crippen molar-refractivity contribution in [2.75, 3.05) is 38.1 Å². The molecule has 8 nitrogen and oxygen atoms in total. The Kier molecular flexibility index (Phi) is 3.74. The van der Waals surface area contributed by atoms with Gasteiger partial charge in [0.05, 0.1) is 30.2 Å². The van der Waals surface area contributed by atoms with Gasteiger partial charge < -0.3 is 9.32 Å². The quantitative estimate of drug-likeness (QED) is 0.834. The first-order valence-corrected chi connectivity index (χ1v) is 9.44. The molecule has 5 rings (SSSR count). The predicted molar refractivity (Wildman–Crippen MR) is 95.1 cm³/mol. The van der Waals surface area contributed by atoms with E-state index in [4.69, 9.17) is 4.42 Å². The summed E-state index contributed by atoms with van der Waals surface area (Å²) < 4.78 is 7.91. The normalized spacial score (nSPS) is 21.3. The first-order valence-electron chi connectivity index (χ1n) is 9.44. The van der Waals surface area contributed by atoms with E-state index in [1.807, 2.05) is 17.9 Å². The Bertz CT molecular complexity index is 798. The van der Waals surface area contributed by atoms with Crippen LogP contribution in [0, 0.1) is 0 Å². The molecule has 0 N–H and O–H groups in total. The van der Waals surface area contributed by atoms with Gasteiger partial charge >= 0.3 is 6.03 Å². The molecule has 0 unspecified atom stereocenters. The van der Waals surface area contributed by atoms with Crippen LogP contribution >= 0.6 is 0 Å². The van der Waals surface area contributed by atoms with Crippen molar-refractivity contribution >= 4 is 11.7 Å². The predicted octanol–water partition coefficient (Wildman–Crippen LogP) is 1.68. The molecule has 2 aromatic heterocycles. The lowest BCUT2D eigenvalue weighted by Crippen LogP contribution is -2.47. The van der Waals surface area contributed by atoms with Crippen molar-refractivity contribution in [2.45, 2.75) is 38.3 Å². The topological polar surface area (TPSA) is 70.6 Å². The number of likely N-dealkylation sites (tertiary alicyclic amines) is 1. The molecule has 4 heterocycles. The van der Waals surface area contributed by atoms with Crippen molar-refractivity contribution in [3.8, 4) is 0 Å². The molecule has 8 heteroatoms. The van der Waals surface area contributed by atoms with Gasteiger partial charge in [-0.05, 0) is 19.3 Å². The molecule has 26 heavy (non-hydrogen) atoms. The van der Waals surface area contributed by atoms with Gasteiger partial charge in [-0.1, -0.05) is 0 Å². The lowest BCUT2D eigenvalue weighted by atomic mass is 10.0. The summed E-state index contributed by atoms with van der Waals surface area (Å²) >= 11 is 0. The SMILES string of the molecule is CN1CCN(c2cnn(C3CN(Cc4nc5c(o4)CCCC5)C3)c2)C1=O. The highest BCUT2D eigenvalue weighted by molar-refractivity contribution is 5.93. The molecular formula is C18H24N6O2. The van der Waals surface area contributed by atoms with Crippen molar-refractivity contribution in [3.63, 3.8) is 0 Å². The minimum Gasteiger partial charge on any atom is -0.444 e. The van der Waals surface area contributed by atoms with Crippen LogP contribution in [-0.4, -0.2) is 63.8 Å². The Balaban J connectivity index is 1.18. The lowest BCUT2D eigenvalue weighted by Gasteiger charge is -2.38. The van der Waals surface area contributed by atoms with Gasteiger partial charge in [-0.15, -0.1) is 0 Å². The molecular weight excluding hydrogens is 332 g/mol. The van der Waals surface area contributed by atoms with Crippen LogP contribution in [0.4, 0.5) is 10.5 Å². The molecule has 0 bridgehead atoms. The van der Waals surface area contributed by atoms with Gasteiger partial charge in [0.1, 0.15) is 5.76 Å². The number of hydrogen-bond acceptors (Lipinski definition) is 5. The maximum absolute atomic E-state index is 12.1. The molecule has 1 aliphatic carbocycles. The first-order chi connectivity index (χ1) is 12.7. The number of urea groups is 1. The van der Waals surface area contributed by atoms with Crippen molar-refractivity contribution < 1.29 is 9.21 Å². The van der Waals surface area contributed by atoms with E-state index in [0.29, 0.717) is 6.04 Å². The van der Waals surface area contributed by atoms with Gasteiger partial charge in [-0.3, -0.25) is 14.5 Å². The molecule has 0 aromatic carbocycles. The molecule has 2 amide bonds. The molecule has 3 aliphatic rings. The molecule has 0 radical (unpaired) electrons. The van der Waals surface area contributed by atoms with E-state index in [0.717, 1.165) is 62.9 Å². The number of nitrogens with zero attached hydrogens (tertiary/aromatic N) is 6. The number of aromatic nitrogens is 3. The number of fused-ring (bicyclic) bond motifs is 1. The summed E-state index contributed by atoms with van der Waals surface area (Å²) in [5, 5.41) is 4.48. The minimum atomic E-state index is 0.0487. The standard InChI is InChI=1S/C18H24N6O2/c1-21-6-7-23(18(21)25)13-8-19-24(11-13)14-9-22(10-14)12-17-20-15-4-2-3-5-16(15)26-17/h8,11,14H,2-7,9-10,12H2,1H3. The van der Waals surface area contributed by atoms with Gasteiger partial charge in [0.15, 0.2) is 0 Å². The summed E-state index contributed by atoms with van der Waals surface area (Å²) in [4.78, 5) is 22.6. The van der Waals surface area contributed by atoms with Crippen molar-refractivity contribution in [2.24, 2.45) is 0 Å². The fraction of sp³-hybridized carbons (Fsp3) is 0.611. The summed E-state index contributed by atoms with van der Waals surface area (Å²) in [5.74, 6) is 1.95. The van der Waals surface area contributed by atoms with E-state index in [1.165, 1.54) is 18.5 Å². The summed E-state index contributed by atoms with van der Waals surface area (Å²) in [5.41, 5.74) is 2.05. The van der Waals surface area contributed by atoms with E-state index in [1.54, 1.807) is 16.0 Å². The average molecular weight is 356 g/mol. The molecule has 2 aliphatic heterocycles. The number of amides is 2. The third-order valence-corrected chi connectivity index (χ3v) is 5.68. The molecule has 138 valence electrons. The average Bonchev–Trinajstić information content (AvgIpc) is 3.30. The zero-order valence-electron chi connectivity index (χ0n) is 15.1. The van der Waals surface area contributed by atoms with E-state index in [-0.39, 0.29) is 6.03 Å². The van der Waals surface area contributed by atoms with Gasteiger partial charge in [0.2, 0.25) is 5.89 Å². The minimum absolute atomic E-state index is 0.0487. The fourth-order valence-electron chi connectivity index (χ4n) is 4.06. The van der Waals surface area contributed by atoms with Gasteiger partial charge in [-0.25, -0.2) is 9.78 Å². The van der Waals surface area contributed by atoms with Crippen LogP contribution in [0.3, 0.4) is 0 Å². The van der Waals surface area contributed by atoms with Gasteiger partial charge in [-0.2, -0.15) is 5.10 Å². The van der Waals surface area contributed by atoms with Crippen LogP contribution < -0.4 is 4.90 Å². The monoisotopic (exact) mass is 356 g/mol. The second kappa shape index (κ2) is 6.12. The number of oxazole rings is 1. The molecule has 2 saturated heterocycles. The van der Waals surface area contributed by atoms with E-state index in [2.05, 4.69) is 15.0 Å². The Morgan fingerprint density at radius 2 is 2.08 bits per heavy atom. The van der Waals surface area contributed by atoms with E-state index < -0.39 is 0 Å². The number of rotatable bonds is 4. The second-order valence-electron chi connectivity index (χ2n) is 7.57. The second-order valence-corrected chi connectivity index (χ2v) is 7.57. The van der Waals surface area contributed by atoms with Crippen molar-refractivity contribution in [1.29, 1.82) is 0 Å². The highest BCUT2D eigenvalue weighted by Crippen LogP contribution is 2.27. The van der Waals surface area contributed by atoms with Crippen LogP contribution in [0.15, 0.2) is 16.8 Å². The summed E-state index contributed by atoms with van der Waals surface area (Å²) in [7, 11) is 1.83. The first kappa shape index (κ1) is 15.9. The Hall–Kier alpha value is -2.35. The Morgan fingerprint density at radius 3 is 2.85 bits per heavy atom. The number of anilines is 1. The summed E-state index contributed by atoms with van der Waals surface area (Å²) in [6.45, 7) is 4.13. The van der Waals surface area contributed by atoms with Crippen LogP contribution in [0.25, 0.3) is 0 Å². The molecule has 0 atom stereocenters. The fourth-order valence-corrected chi connectivity index (χ4v) is 4.06. The summed E-state index contributed by atoms with van der Waals surface area (Å²) in [6.07, 6.45) is 8.31. The highest BCUT2D eigenvalue weighted by atomic mass is 16.4. The van der Waals surface area contributed by atoms with Gasteiger partial charge in [0, 0.05) is 45.8 Å². The number of aryl methyl sites for hydroxylation is 2. The van der Waals surface area contributed by atoms with Crippen LogP contribution in [0.5, 0.6) is 0 Å². The maximum Gasteiger partial charge on any atom is 0.324 e. The maximum atomic E-state index is 12.1. The number of likely N-dealkylation sites (N-methyl/N-ethyl adjacent to an activating group) is 1. The molecule has 2 fully saturated rings. The van der Waals surface area contributed by atoms with E-state index >= 15 is 0 Å². The number of hydrogen-bond donors (Lipinski definition) is 0. The highest BCUT2D eigenvalue weighted by Gasteiger charge is 2.32. The number of carbonyl (C=O) groups is 1. The molecule has 0 spiro atoms. The zero-order chi connectivity index (χ0) is 17.7. The smallest absolute Gasteiger partial charge is 0.324 e. The molecule has 2 aromatic rings. The lowest BCUT2D eigenvalue weighted by molar-refractivity contribution is 0.0811. The van der Waals surface area contributed by atoms with Crippen LogP contribution in [0.1, 0.15) is 36.2 Å². The van der Waals surface area contributed by atoms with Crippen LogP contribution in [-0.2, 0) is 19.4 Å².